The van der Waals surface area contributed by atoms with Gasteiger partial charge in [-0.3, -0.25) is 0 Å². The second-order valence-electron chi connectivity index (χ2n) is 5.66. The first-order chi connectivity index (χ1) is 10.6. The highest BCUT2D eigenvalue weighted by Gasteiger charge is 2.36. The fourth-order valence-corrected chi connectivity index (χ4v) is 3.17. The van der Waals surface area contributed by atoms with Gasteiger partial charge in [-0.05, 0) is 32.3 Å². The standard InChI is InChI=1S/C15H17ClN6/c1-20(2)14-9-21(10-15(14)22-6-5-18-19-22)13-4-3-12(16)7-11(13)8-17/h3-7,14-15H,9-10H2,1-2H3/t14-,15+/m1/s1. The summed E-state index contributed by atoms with van der Waals surface area (Å²) in [5, 5.41) is 18.0. The molecule has 1 aliphatic heterocycles. The molecule has 1 aromatic heterocycles. The third kappa shape index (κ3) is 2.65. The fraction of sp³-hybridized carbons (Fsp3) is 0.400. The average molecular weight is 317 g/mol. The number of anilines is 1. The number of halogens is 1. The molecule has 0 saturated carbocycles. The summed E-state index contributed by atoms with van der Waals surface area (Å²) in [6.07, 6.45) is 3.58. The molecule has 6 nitrogen and oxygen atoms in total. The van der Waals surface area contributed by atoms with Crippen LogP contribution in [0.15, 0.2) is 30.6 Å². The molecule has 1 saturated heterocycles. The van der Waals surface area contributed by atoms with Gasteiger partial charge in [0.15, 0.2) is 0 Å². The van der Waals surface area contributed by atoms with Crippen molar-refractivity contribution in [2.45, 2.75) is 12.1 Å². The van der Waals surface area contributed by atoms with Crippen LogP contribution in [-0.4, -0.2) is 53.1 Å². The van der Waals surface area contributed by atoms with E-state index in [2.05, 4.69) is 40.3 Å². The second-order valence-corrected chi connectivity index (χ2v) is 6.10. The van der Waals surface area contributed by atoms with E-state index in [1.54, 1.807) is 12.3 Å². The SMILES string of the molecule is CN(C)[C@@H]1CN(c2ccc(Cl)cc2C#N)C[C@@H]1n1ccnn1. The predicted molar refractivity (Wildman–Crippen MR) is 84.9 cm³/mol. The zero-order valence-corrected chi connectivity index (χ0v) is 13.3. The van der Waals surface area contributed by atoms with Crippen molar-refractivity contribution >= 4 is 17.3 Å². The van der Waals surface area contributed by atoms with Crippen molar-refractivity contribution in [3.05, 3.63) is 41.2 Å². The summed E-state index contributed by atoms with van der Waals surface area (Å²) in [6.45, 7) is 1.61. The van der Waals surface area contributed by atoms with Crippen LogP contribution in [0.3, 0.4) is 0 Å². The van der Waals surface area contributed by atoms with E-state index in [1.807, 2.05) is 23.0 Å². The number of benzene rings is 1. The highest BCUT2D eigenvalue weighted by molar-refractivity contribution is 6.30. The first kappa shape index (κ1) is 14.8. The van der Waals surface area contributed by atoms with Gasteiger partial charge in [-0.25, -0.2) is 4.68 Å². The number of aromatic nitrogens is 3. The molecule has 0 bridgehead atoms. The molecular weight excluding hydrogens is 300 g/mol. The molecule has 0 spiro atoms. The summed E-state index contributed by atoms with van der Waals surface area (Å²) in [7, 11) is 4.12. The summed E-state index contributed by atoms with van der Waals surface area (Å²) >= 11 is 5.99. The molecular formula is C15H17ClN6. The molecule has 2 heterocycles. The number of hydrogen-bond acceptors (Lipinski definition) is 5. The summed E-state index contributed by atoms with van der Waals surface area (Å²) in [5.74, 6) is 0. The molecule has 2 aromatic rings. The van der Waals surface area contributed by atoms with Gasteiger partial charge < -0.3 is 9.80 Å². The van der Waals surface area contributed by atoms with Crippen LogP contribution in [0.2, 0.25) is 5.02 Å². The van der Waals surface area contributed by atoms with E-state index in [9.17, 15) is 5.26 Å². The molecule has 114 valence electrons. The van der Waals surface area contributed by atoms with Crippen molar-refractivity contribution in [3.8, 4) is 6.07 Å². The van der Waals surface area contributed by atoms with Gasteiger partial charge in [0.05, 0.1) is 29.5 Å². The number of nitrogens with zero attached hydrogens (tertiary/aromatic N) is 6. The van der Waals surface area contributed by atoms with E-state index in [4.69, 9.17) is 11.6 Å². The predicted octanol–water partition coefficient (Wildman–Crippen LogP) is 1.79. The largest absolute Gasteiger partial charge is 0.367 e. The van der Waals surface area contributed by atoms with E-state index in [0.29, 0.717) is 16.6 Å². The number of likely N-dealkylation sites (N-methyl/N-ethyl adjacent to an activating group) is 1. The van der Waals surface area contributed by atoms with Crippen LogP contribution in [0.1, 0.15) is 11.6 Å². The summed E-state index contributed by atoms with van der Waals surface area (Å²) in [6, 6.07) is 8.17. The van der Waals surface area contributed by atoms with Crippen molar-refractivity contribution in [1.29, 1.82) is 5.26 Å². The molecule has 3 rings (SSSR count). The summed E-state index contributed by atoms with van der Waals surface area (Å²) in [5.41, 5.74) is 1.52. The van der Waals surface area contributed by atoms with Crippen LogP contribution in [0.25, 0.3) is 0 Å². The van der Waals surface area contributed by atoms with Crippen molar-refractivity contribution in [3.63, 3.8) is 0 Å². The third-order valence-electron chi connectivity index (χ3n) is 4.12. The van der Waals surface area contributed by atoms with Crippen LogP contribution in [0.5, 0.6) is 0 Å². The highest BCUT2D eigenvalue weighted by atomic mass is 35.5. The molecule has 0 aliphatic carbocycles. The fourth-order valence-electron chi connectivity index (χ4n) is 3.00. The maximum absolute atomic E-state index is 9.35. The average Bonchev–Trinajstić information content (AvgIpc) is 3.15. The van der Waals surface area contributed by atoms with Gasteiger partial charge in [0.25, 0.3) is 0 Å². The Kier molecular flexibility index (Phi) is 4.01. The van der Waals surface area contributed by atoms with E-state index < -0.39 is 0 Å². The lowest BCUT2D eigenvalue weighted by atomic mass is 10.1. The molecule has 1 aliphatic rings. The van der Waals surface area contributed by atoms with E-state index >= 15 is 0 Å². The van der Waals surface area contributed by atoms with E-state index in [0.717, 1.165) is 18.8 Å². The number of rotatable bonds is 3. The molecule has 0 amide bonds. The minimum atomic E-state index is 0.194. The van der Waals surface area contributed by atoms with Crippen molar-refractivity contribution in [2.75, 3.05) is 32.1 Å². The molecule has 0 unspecified atom stereocenters. The van der Waals surface area contributed by atoms with E-state index in [-0.39, 0.29) is 6.04 Å². The highest BCUT2D eigenvalue weighted by Crippen LogP contribution is 2.32. The van der Waals surface area contributed by atoms with Crippen molar-refractivity contribution in [2.24, 2.45) is 0 Å². The molecule has 0 radical (unpaired) electrons. The minimum Gasteiger partial charge on any atom is -0.367 e. The van der Waals surface area contributed by atoms with Gasteiger partial charge in [-0.2, -0.15) is 5.26 Å². The normalized spacial score (nSPS) is 21.3. The van der Waals surface area contributed by atoms with Gasteiger partial charge in [-0.15, -0.1) is 5.10 Å². The Morgan fingerprint density at radius 3 is 2.82 bits per heavy atom. The Bertz CT molecular complexity index is 691. The van der Waals surface area contributed by atoms with Gasteiger partial charge in [0.2, 0.25) is 0 Å². The zero-order chi connectivity index (χ0) is 15.7. The van der Waals surface area contributed by atoms with Gasteiger partial charge in [-0.1, -0.05) is 16.8 Å². The van der Waals surface area contributed by atoms with Crippen molar-refractivity contribution < 1.29 is 0 Å². The second kappa shape index (κ2) is 5.95. The molecule has 1 fully saturated rings. The molecule has 1 aromatic carbocycles. The maximum atomic E-state index is 9.35. The van der Waals surface area contributed by atoms with Crippen LogP contribution in [-0.2, 0) is 0 Å². The Labute approximate surface area is 134 Å². The quantitative estimate of drug-likeness (QED) is 0.864. The first-order valence-electron chi connectivity index (χ1n) is 7.07. The van der Waals surface area contributed by atoms with E-state index in [1.165, 1.54) is 0 Å². The molecule has 2 atom stereocenters. The maximum Gasteiger partial charge on any atom is 0.101 e. The minimum absolute atomic E-state index is 0.194. The van der Waals surface area contributed by atoms with Crippen LogP contribution in [0, 0.1) is 11.3 Å². The molecule has 0 N–H and O–H groups in total. The smallest absolute Gasteiger partial charge is 0.101 e. The summed E-state index contributed by atoms with van der Waals surface area (Å²) < 4.78 is 1.90. The van der Waals surface area contributed by atoms with Crippen LogP contribution < -0.4 is 4.90 Å². The Morgan fingerprint density at radius 2 is 2.18 bits per heavy atom. The summed E-state index contributed by atoms with van der Waals surface area (Å²) in [4.78, 5) is 4.40. The molecule has 22 heavy (non-hydrogen) atoms. The third-order valence-corrected chi connectivity index (χ3v) is 4.36. The monoisotopic (exact) mass is 316 g/mol. The lowest BCUT2D eigenvalue weighted by Gasteiger charge is -2.24. The van der Waals surface area contributed by atoms with Gasteiger partial charge >= 0.3 is 0 Å². The van der Waals surface area contributed by atoms with Crippen LogP contribution in [0.4, 0.5) is 5.69 Å². The Morgan fingerprint density at radius 1 is 1.36 bits per heavy atom. The lowest BCUT2D eigenvalue weighted by Crippen LogP contribution is -2.36. The van der Waals surface area contributed by atoms with Crippen molar-refractivity contribution in [1.82, 2.24) is 19.9 Å². The first-order valence-corrected chi connectivity index (χ1v) is 7.45. The Balaban J connectivity index is 1.93. The van der Waals surface area contributed by atoms with Gasteiger partial charge in [0, 0.05) is 24.3 Å². The number of hydrogen-bond donors (Lipinski definition) is 0. The number of nitriles is 1. The Hall–Kier alpha value is -2.10. The van der Waals surface area contributed by atoms with Gasteiger partial charge in [0.1, 0.15) is 6.07 Å². The zero-order valence-electron chi connectivity index (χ0n) is 12.5. The lowest BCUT2D eigenvalue weighted by molar-refractivity contribution is 0.243. The van der Waals surface area contributed by atoms with Crippen LogP contribution >= 0.6 is 11.6 Å². The topological polar surface area (TPSA) is 61.0 Å². The molecule has 7 heteroatoms.